The molecule has 3 aromatic rings. The van der Waals surface area contributed by atoms with Gasteiger partial charge in [0, 0.05) is 19.7 Å². The summed E-state index contributed by atoms with van der Waals surface area (Å²) in [6.07, 6.45) is 1.13. The summed E-state index contributed by atoms with van der Waals surface area (Å²) >= 11 is 2.63. The van der Waals surface area contributed by atoms with E-state index in [0.29, 0.717) is 43.9 Å². The van der Waals surface area contributed by atoms with E-state index in [4.69, 9.17) is 4.74 Å². The molecule has 2 aromatic heterocycles. The van der Waals surface area contributed by atoms with Crippen LogP contribution < -0.4 is 4.80 Å². The van der Waals surface area contributed by atoms with Crippen molar-refractivity contribution in [1.29, 1.82) is 0 Å². The van der Waals surface area contributed by atoms with Crippen molar-refractivity contribution in [3.63, 3.8) is 0 Å². The number of thiazole rings is 1. The number of rotatable bonds is 7. The number of thiophene rings is 1. The van der Waals surface area contributed by atoms with Crippen molar-refractivity contribution in [2.24, 2.45) is 4.99 Å². The van der Waals surface area contributed by atoms with Crippen LogP contribution >= 0.6 is 22.7 Å². The second-order valence-corrected chi connectivity index (χ2v) is 11.9. The molecule has 1 aliphatic heterocycles. The Kier molecular flexibility index (Phi) is 6.97. The Bertz CT molecular complexity index is 1290. The molecule has 172 valence electrons. The van der Waals surface area contributed by atoms with Crippen molar-refractivity contribution in [2.75, 3.05) is 19.8 Å². The number of nitrogens with zero attached hydrogens (tertiary/aromatic N) is 3. The van der Waals surface area contributed by atoms with Gasteiger partial charge >= 0.3 is 0 Å². The minimum Gasteiger partial charge on any atom is -0.380 e. The number of carbonyl (C=O) groups excluding carboxylic acids is 1. The summed E-state index contributed by atoms with van der Waals surface area (Å²) in [6, 6.07) is 6.73. The highest BCUT2D eigenvalue weighted by molar-refractivity contribution is 7.91. The fraction of sp³-hybridized carbons (Fsp3) is 0.455. The topological polar surface area (TPSA) is 81.0 Å². The average Bonchev–Trinajstić information content (AvgIpc) is 3.49. The SMILES string of the molecule is CCOCCn1c(=NC(=O)C2CCCN2S(=O)(=O)c2cccs2)sc2c(C)cc(C)cc21. The molecule has 0 saturated carbocycles. The van der Waals surface area contributed by atoms with Gasteiger partial charge < -0.3 is 9.30 Å². The number of aromatic nitrogens is 1. The minimum atomic E-state index is -3.70. The first-order valence-corrected chi connectivity index (χ1v) is 13.8. The van der Waals surface area contributed by atoms with Crippen LogP contribution in [-0.4, -0.2) is 49.0 Å². The highest BCUT2D eigenvalue weighted by atomic mass is 32.2. The van der Waals surface area contributed by atoms with E-state index >= 15 is 0 Å². The number of sulfonamides is 1. The Morgan fingerprint density at radius 2 is 2.12 bits per heavy atom. The van der Waals surface area contributed by atoms with E-state index in [0.717, 1.165) is 21.3 Å². The van der Waals surface area contributed by atoms with Crippen molar-refractivity contribution in [1.82, 2.24) is 8.87 Å². The third-order valence-electron chi connectivity index (χ3n) is 5.53. The Labute approximate surface area is 196 Å². The maximum absolute atomic E-state index is 13.2. The van der Waals surface area contributed by atoms with Crippen LogP contribution in [0.2, 0.25) is 0 Å². The smallest absolute Gasteiger partial charge is 0.266 e. The average molecular weight is 494 g/mol. The summed E-state index contributed by atoms with van der Waals surface area (Å²) in [7, 11) is -3.70. The number of aryl methyl sites for hydroxylation is 2. The molecule has 32 heavy (non-hydrogen) atoms. The molecule has 0 radical (unpaired) electrons. The van der Waals surface area contributed by atoms with Crippen LogP contribution in [-0.2, 0) is 26.1 Å². The Morgan fingerprint density at radius 1 is 1.31 bits per heavy atom. The first-order valence-electron chi connectivity index (χ1n) is 10.6. The van der Waals surface area contributed by atoms with E-state index in [1.807, 2.05) is 18.4 Å². The molecule has 10 heteroatoms. The zero-order valence-electron chi connectivity index (χ0n) is 18.4. The predicted molar refractivity (Wildman–Crippen MR) is 128 cm³/mol. The lowest BCUT2D eigenvalue weighted by atomic mass is 10.1. The van der Waals surface area contributed by atoms with Gasteiger partial charge in [-0.25, -0.2) is 8.42 Å². The summed E-state index contributed by atoms with van der Waals surface area (Å²) in [4.78, 5) is 18.3. The van der Waals surface area contributed by atoms with E-state index in [1.165, 1.54) is 27.0 Å². The van der Waals surface area contributed by atoms with Gasteiger partial charge in [-0.1, -0.05) is 23.5 Å². The Hall–Kier alpha value is -1.85. The highest BCUT2D eigenvalue weighted by Gasteiger charge is 2.40. The molecule has 4 rings (SSSR count). The van der Waals surface area contributed by atoms with Crippen LogP contribution in [0.5, 0.6) is 0 Å². The first kappa shape index (κ1) is 23.3. The first-order chi connectivity index (χ1) is 15.3. The number of benzene rings is 1. The van der Waals surface area contributed by atoms with Gasteiger partial charge in [0.2, 0.25) is 0 Å². The third-order valence-corrected chi connectivity index (χ3v) is 10.0. The number of hydrogen-bond acceptors (Lipinski definition) is 6. The summed E-state index contributed by atoms with van der Waals surface area (Å²) in [5.74, 6) is -0.409. The molecule has 1 unspecified atom stereocenters. The van der Waals surface area contributed by atoms with Crippen LogP contribution in [0.4, 0.5) is 0 Å². The second-order valence-electron chi connectivity index (χ2n) is 7.82. The highest BCUT2D eigenvalue weighted by Crippen LogP contribution is 2.29. The van der Waals surface area contributed by atoms with Gasteiger partial charge in [0.15, 0.2) is 4.80 Å². The van der Waals surface area contributed by atoms with Crippen LogP contribution in [0.25, 0.3) is 10.2 Å². The quantitative estimate of drug-likeness (QED) is 0.470. The van der Waals surface area contributed by atoms with E-state index < -0.39 is 22.0 Å². The molecule has 3 heterocycles. The number of fused-ring (bicyclic) bond motifs is 1. The van der Waals surface area contributed by atoms with Gasteiger partial charge in [0.1, 0.15) is 10.3 Å². The zero-order valence-corrected chi connectivity index (χ0v) is 20.9. The number of amides is 1. The molecule has 1 aliphatic rings. The normalized spacial score (nSPS) is 18.1. The van der Waals surface area contributed by atoms with Crippen LogP contribution in [0, 0.1) is 13.8 Å². The van der Waals surface area contributed by atoms with Gasteiger partial charge in [-0.05, 0) is 62.3 Å². The molecule has 1 saturated heterocycles. The van der Waals surface area contributed by atoms with Crippen molar-refractivity contribution in [3.8, 4) is 0 Å². The molecule has 0 N–H and O–H groups in total. The molecule has 1 atom stereocenters. The maximum atomic E-state index is 13.2. The van der Waals surface area contributed by atoms with E-state index in [9.17, 15) is 13.2 Å². The molecule has 0 spiro atoms. The summed E-state index contributed by atoms with van der Waals surface area (Å²) in [5.41, 5.74) is 3.29. The van der Waals surface area contributed by atoms with Crippen LogP contribution in [0.3, 0.4) is 0 Å². The lowest BCUT2D eigenvalue weighted by molar-refractivity contribution is -0.121. The van der Waals surface area contributed by atoms with E-state index in [1.54, 1.807) is 17.5 Å². The number of ether oxygens (including phenoxy) is 1. The van der Waals surface area contributed by atoms with E-state index in [2.05, 4.69) is 24.0 Å². The number of carbonyl (C=O) groups is 1. The van der Waals surface area contributed by atoms with Crippen molar-refractivity contribution in [2.45, 2.75) is 50.4 Å². The van der Waals surface area contributed by atoms with Crippen molar-refractivity contribution >= 4 is 48.8 Å². The third kappa shape index (κ3) is 4.47. The van der Waals surface area contributed by atoms with E-state index in [-0.39, 0.29) is 4.21 Å². The molecule has 7 nitrogen and oxygen atoms in total. The standard InChI is InChI=1S/C22H27N3O4S3/c1-4-29-11-10-24-18-14-15(2)13-16(3)20(18)31-22(24)23-21(26)17-7-5-9-25(17)32(27,28)19-8-6-12-30-19/h6,8,12-14,17H,4-5,7,9-11H2,1-3H3. The van der Waals surface area contributed by atoms with Gasteiger partial charge in [0.25, 0.3) is 15.9 Å². The molecule has 1 fully saturated rings. The predicted octanol–water partition coefficient (Wildman–Crippen LogP) is 3.70. The van der Waals surface area contributed by atoms with Gasteiger partial charge in [-0.15, -0.1) is 11.3 Å². The monoisotopic (exact) mass is 493 g/mol. The minimum absolute atomic E-state index is 0.261. The zero-order chi connectivity index (χ0) is 22.9. The Morgan fingerprint density at radius 3 is 2.84 bits per heavy atom. The van der Waals surface area contributed by atoms with Crippen LogP contribution in [0.15, 0.2) is 38.8 Å². The summed E-state index contributed by atoms with van der Waals surface area (Å²) in [5, 5.41) is 1.73. The molecule has 1 amide bonds. The van der Waals surface area contributed by atoms with Gasteiger partial charge in [-0.3, -0.25) is 4.79 Å². The van der Waals surface area contributed by atoms with Gasteiger partial charge in [0.05, 0.1) is 16.8 Å². The molecule has 0 aliphatic carbocycles. The lowest BCUT2D eigenvalue weighted by Crippen LogP contribution is -2.40. The fourth-order valence-electron chi connectivity index (χ4n) is 4.08. The second kappa shape index (κ2) is 9.56. The van der Waals surface area contributed by atoms with Gasteiger partial charge in [-0.2, -0.15) is 9.30 Å². The largest absolute Gasteiger partial charge is 0.380 e. The maximum Gasteiger partial charge on any atom is 0.266 e. The molecule has 1 aromatic carbocycles. The van der Waals surface area contributed by atoms with Crippen molar-refractivity contribution in [3.05, 3.63) is 45.6 Å². The molecular weight excluding hydrogens is 466 g/mol. The molecular formula is C22H27N3O4S3. The fourth-order valence-corrected chi connectivity index (χ4v) is 7.97. The Balaban J connectivity index is 1.74. The van der Waals surface area contributed by atoms with Crippen LogP contribution in [0.1, 0.15) is 30.9 Å². The molecule has 0 bridgehead atoms. The number of hydrogen-bond donors (Lipinski definition) is 0. The summed E-state index contributed by atoms with van der Waals surface area (Å²) < 4.78 is 36.3. The lowest BCUT2D eigenvalue weighted by Gasteiger charge is -2.20. The van der Waals surface area contributed by atoms with Crippen molar-refractivity contribution < 1.29 is 17.9 Å². The summed E-state index contributed by atoms with van der Waals surface area (Å²) in [6.45, 7) is 8.08.